The molecule has 0 saturated heterocycles. The highest BCUT2D eigenvalue weighted by molar-refractivity contribution is 5.96. The fraction of sp³-hybridized carbons (Fsp3) is 0.111. The van der Waals surface area contributed by atoms with Gasteiger partial charge in [0.1, 0.15) is 5.56 Å². The Kier molecular flexibility index (Phi) is 4.76. The van der Waals surface area contributed by atoms with Crippen LogP contribution in [0.2, 0.25) is 0 Å². The van der Waals surface area contributed by atoms with E-state index >= 15 is 0 Å². The van der Waals surface area contributed by atoms with E-state index in [1.807, 2.05) is 24.3 Å². The fourth-order valence-electron chi connectivity index (χ4n) is 2.26. The quantitative estimate of drug-likeness (QED) is 0.781. The van der Waals surface area contributed by atoms with Gasteiger partial charge in [0.05, 0.1) is 12.8 Å². The number of ether oxygens (including phenoxy) is 1. The van der Waals surface area contributed by atoms with Crippen molar-refractivity contribution in [1.82, 2.24) is 20.3 Å². The number of methoxy groups -OCH3 is 1. The number of carbonyl (C=O) groups is 1. The zero-order chi connectivity index (χ0) is 16.8. The predicted octanol–water partition coefficient (Wildman–Crippen LogP) is 2.48. The molecule has 0 aromatic carbocycles. The molecular weight excluding hydrogens is 304 g/mol. The average molecular weight is 320 g/mol. The summed E-state index contributed by atoms with van der Waals surface area (Å²) in [5, 5.41) is 2.87. The van der Waals surface area contributed by atoms with Crippen molar-refractivity contribution < 1.29 is 9.53 Å². The Labute approximate surface area is 139 Å². The van der Waals surface area contributed by atoms with Crippen LogP contribution in [0.3, 0.4) is 0 Å². The first-order valence-electron chi connectivity index (χ1n) is 7.40. The predicted molar refractivity (Wildman–Crippen MR) is 89.4 cm³/mol. The average Bonchev–Trinajstić information content (AvgIpc) is 2.67. The zero-order valence-corrected chi connectivity index (χ0v) is 13.1. The lowest BCUT2D eigenvalue weighted by Crippen LogP contribution is -2.23. The van der Waals surface area contributed by atoms with Crippen molar-refractivity contribution in [3.05, 3.63) is 72.3 Å². The summed E-state index contributed by atoms with van der Waals surface area (Å²) in [6.45, 7) is 0.382. The highest BCUT2D eigenvalue weighted by Gasteiger charge is 2.12. The molecule has 1 N–H and O–H groups in total. The van der Waals surface area contributed by atoms with Gasteiger partial charge in [0.2, 0.25) is 5.88 Å². The third kappa shape index (κ3) is 3.55. The molecule has 3 rings (SSSR count). The summed E-state index contributed by atoms with van der Waals surface area (Å²) >= 11 is 0. The van der Waals surface area contributed by atoms with Crippen LogP contribution < -0.4 is 10.1 Å². The molecule has 6 heteroatoms. The van der Waals surface area contributed by atoms with Crippen LogP contribution in [0.4, 0.5) is 0 Å². The number of hydrogen-bond acceptors (Lipinski definition) is 5. The summed E-state index contributed by atoms with van der Waals surface area (Å²) in [5.41, 5.74) is 3.09. The van der Waals surface area contributed by atoms with Crippen LogP contribution in [0.15, 0.2) is 61.2 Å². The smallest absolute Gasteiger partial charge is 0.257 e. The molecule has 6 nitrogen and oxygen atoms in total. The Bertz CT molecular complexity index is 837. The lowest BCUT2D eigenvalue weighted by molar-refractivity contribution is 0.0947. The van der Waals surface area contributed by atoms with Gasteiger partial charge in [-0.1, -0.05) is 0 Å². The maximum Gasteiger partial charge on any atom is 0.257 e. The molecule has 0 atom stereocenters. The van der Waals surface area contributed by atoms with Gasteiger partial charge in [-0.2, -0.15) is 0 Å². The van der Waals surface area contributed by atoms with E-state index in [0.717, 1.165) is 16.8 Å². The van der Waals surface area contributed by atoms with Gasteiger partial charge in [0.15, 0.2) is 0 Å². The number of nitrogens with zero attached hydrogens (tertiary/aromatic N) is 3. The van der Waals surface area contributed by atoms with Gasteiger partial charge in [-0.15, -0.1) is 0 Å². The SMILES string of the molecule is COc1ncccc1C(=O)NCc1ccnc(-c2cccnc2)c1. The van der Waals surface area contributed by atoms with Crippen LogP contribution in [0.25, 0.3) is 11.3 Å². The Morgan fingerprint density at radius 3 is 2.79 bits per heavy atom. The fourth-order valence-corrected chi connectivity index (χ4v) is 2.26. The van der Waals surface area contributed by atoms with Crippen LogP contribution in [-0.2, 0) is 6.54 Å². The van der Waals surface area contributed by atoms with Crippen molar-refractivity contribution in [1.29, 1.82) is 0 Å². The maximum absolute atomic E-state index is 12.3. The first-order valence-corrected chi connectivity index (χ1v) is 7.40. The van der Waals surface area contributed by atoms with Gasteiger partial charge < -0.3 is 10.1 Å². The molecule has 24 heavy (non-hydrogen) atoms. The second kappa shape index (κ2) is 7.32. The zero-order valence-electron chi connectivity index (χ0n) is 13.1. The second-order valence-corrected chi connectivity index (χ2v) is 5.03. The molecule has 0 aliphatic heterocycles. The van der Waals surface area contributed by atoms with Crippen LogP contribution in [0.1, 0.15) is 15.9 Å². The van der Waals surface area contributed by atoms with E-state index in [1.54, 1.807) is 36.9 Å². The van der Waals surface area contributed by atoms with Crippen LogP contribution in [-0.4, -0.2) is 28.0 Å². The van der Waals surface area contributed by atoms with E-state index in [0.29, 0.717) is 18.0 Å². The molecule has 1 amide bonds. The molecule has 3 heterocycles. The third-order valence-electron chi connectivity index (χ3n) is 3.44. The van der Waals surface area contributed by atoms with Gasteiger partial charge in [0.25, 0.3) is 5.91 Å². The number of aromatic nitrogens is 3. The highest BCUT2D eigenvalue weighted by Crippen LogP contribution is 2.17. The topological polar surface area (TPSA) is 77.0 Å². The summed E-state index contributed by atoms with van der Waals surface area (Å²) < 4.78 is 5.11. The van der Waals surface area contributed by atoms with Gasteiger partial charge in [0, 0.05) is 36.9 Å². The first kappa shape index (κ1) is 15.6. The summed E-state index contributed by atoms with van der Waals surface area (Å²) in [5.74, 6) is 0.0699. The molecule has 3 aromatic rings. The number of rotatable bonds is 5. The molecule has 0 unspecified atom stereocenters. The van der Waals surface area contributed by atoms with E-state index in [1.165, 1.54) is 7.11 Å². The van der Waals surface area contributed by atoms with Crippen molar-refractivity contribution in [2.75, 3.05) is 7.11 Å². The van der Waals surface area contributed by atoms with Gasteiger partial charge in [-0.05, 0) is 42.0 Å². The number of pyridine rings is 3. The van der Waals surface area contributed by atoms with Gasteiger partial charge in [-0.25, -0.2) is 4.98 Å². The molecule has 0 saturated carbocycles. The number of carbonyl (C=O) groups excluding carboxylic acids is 1. The van der Waals surface area contributed by atoms with Crippen molar-refractivity contribution in [3.63, 3.8) is 0 Å². The molecule has 120 valence electrons. The van der Waals surface area contributed by atoms with Crippen LogP contribution in [0.5, 0.6) is 5.88 Å². The van der Waals surface area contributed by atoms with Crippen LogP contribution >= 0.6 is 0 Å². The molecule has 0 bridgehead atoms. The Morgan fingerprint density at radius 1 is 1.12 bits per heavy atom. The number of amides is 1. The van der Waals surface area contributed by atoms with E-state index < -0.39 is 0 Å². The highest BCUT2D eigenvalue weighted by atomic mass is 16.5. The van der Waals surface area contributed by atoms with Gasteiger partial charge >= 0.3 is 0 Å². The minimum atomic E-state index is -0.236. The standard InChI is InChI=1S/C18H16N4O2/c1-24-18-15(5-3-8-21-18)17(23)22-11-13-6-9-20-16(10-13)14-4-2-7-19-12-14/h2-10,12H,11H2,1H3,(H,22,23). The molecule has 0 fully saturated rings. The molecule has 0 aliphatic carbocycles. The summed E-state index contributed by atoms with van der Waals surface area (Å²) in [6, 6.07) is 11.0. The minimum Gasteiger partial charge on any atom is -0.480 e. The van der Waals surface area contributed by atoms with E-state index in [-0.39, 0.29) is 5.91 Å². The van der Waals surface area contributed by atoms with Gasteiger partial charge in [-0.3, -0.25) is 14.8 Å². The molecule has 0 spiro atoms. The minimum absolute atomic E-state index is 0.236. The summed E-state index contributed by atoms with van der Waals surface area (Å²) in [4.78, 5) is 24.8. The lowest BCUT2D eigenvalue weighted by Gasteiger charge is -2.09. The number of nitrogens with one attached hydrogen (secondary N) is 1. The largest absolute Gasteiger partial charge is 0.480 e. The van der Waals surface area contributed by atoms with E-state index in [2.05, 4.69) is 20.3 Å². The van der Waals surface area contributed by atoms with Crippen molar-refractivity contribution in [2.24, 2.45) is 0 Å². The van der Waals surface area contributed by atoms with E-state index in [9.17, 15) is 4.79 Å². The molecule has 0 aliphatic rings. The van der Waals surface area contributed by atoms with Crippen molar-refractivity contribution in [3.8, 4) is 17.1 Å². The molecular formula is C18H16N4O2. The van der Waals surface area contributed by atoms with Crippen LogP contribution in [0, 0.1) is 0 Å². The lowest BCUT2D eigenvalue weighted by atomic mass is 10.1. The van der Waals surface area contributed by atoms with Crippen molar-refractivity contribution in [2.45, 2.75) is 6.54 Å². The second-order valence-electron chi connectivity index (χ2n) is 5.03. The molecule has 0 radical (unpaired) electrons. The maximum atomic E-state index is 12.3. The van der Waals surface area contributed by atoms with Crippen molar-refractivity contribution >= 4 is 5.91 Å². The normalized spacial score (nSPS) is 10.2. The summed E-state index contributed by atoms with van der Waals surface area (Å²) in [6.07, 6.45) is 6.77. The first-order chi connectivity index (χ1) is 11.8. The monoisotopic (exact) mass is 320 g/mol. The Hall–Kier alpha value is -3.28. The molecule has 3 aromatic heterocycles. The third-order valence-corrected chi connectivity index (χ3v) is 3.44. The Balaban J connectivity index is 1.72. The number of hydrogen-bond donors (Lipinski definition) is 1. The van der Waals surface area contributed by atoms with E-state index in [4.69, 9.17) is 4.74 Å². The summed E-state index contributed by atoms with van der Waals surface area (Å²) in [7, 11) is 1.49. The Morgan fingerprint density at radius 2 is 2.00 bits per heavy atom.